The molecule has 0 saturated heterocycles. The second kappa shape index (κ2) is 5.94. The van der Waals surface area contributed by atoms with E-state index in [9.17, 15) is 13.2 Å². The molecule has 0 N–H and O–H groups in total. The molecule has 3 rings (SSSR count). The summed E-state index contributed by atoms with van der Waals surface area (Å²) in [4.78, 5) is 9.71. The van der Waals surface area contributed by atoms with E-state index in [-0.39, 0.29) is 22.5 Å². The van der Waals surface area contributed by atoms with E-state index >= 15 is 0 Å². The molecule has 5 nitrogen and oxygen atoms in total. The van der Waals surface area contributed by atoms with E-state index in [1.807, 2.05) is 13.8 Å². The Morgan fingerprint density at radius 3 is 2.33 bits per heavy atom. The van der Waals surface area contributed by atoms with Crippen molar-refractivity contribution >= 4 is 23.2 Å². The summed E-state index contributed by atoms with van der Waals surface area (Å²) in [5, 5.41) is 3.90. The van der Waals surface area contributed by atoms with Gasteiger partial charge in [0.2, 0.25) is 0 Å². The van der Waals surface area contributed by atoms with Crippen LogP contribution in [0.1, 0.15) is 13.8 Å². The number of nitrogens with zero attached hydrogens (tertiary/aromatic N) is 5. The number of anilines is 1. The molecule has 0 amide bonds. The van der Waals surface area contributed by atoms with Crippen molar-refractivity contribution in [2.45, 2.75) is 19.9 Å². The number of fused-ring (bicyclic) bond motifs is 1. The Morgan fingerprint density at radius 2 is 1.75 bits per heavy atom. The fourth-order valence-electron chi connectivity index (χ4n) is 2.37. The highest BCUT2D eigenvalue weighted by Gasteiger charge is 2.26. The van der Waals surface area contributed by atoms with Crippen LogP contribution in [-0.2, 0) is 0 Å². The number of benzene rings is 1. The van der Waals surface area contributed by atoms with Gasteiger partial charge in [0.15, 0.2) is 0 Å². The zero-order valence-corrected chi connectivity index (χ0v) is 13.8. The molecule has 0 saturated carbocycles. The summed E-state index contributed by atoms with van der Waals surface area (Å²) in [6.45, 7) is 3.77. The smallest absolute Gasteiger partial charge is 0.255 e. The molecule has 1 aromatic carbocycles. The zero-order chi connectivity index (χ0) is 17.6. The monoisotopic (exact) mass is 355 g/mol. The molecule has 0 aliphatic heterocycles. The van der Waals surface area contributed by atoms with Crippen LogP contribution < -0.4 is 4.90 Å². The van der Waals surface area contributed by atoms with Gasteiger partial charge in [0.25, 0.3) is 5.78 Å². The minimum Gasteiger partial charge on any atom is -0.356 e. The van der Waals surface area contributed by atoms with E-state index in [2.05, 4.69) is 15.1 Å². The third-order valence-corrected chi connectivity index (χ3v) is 4.00. The van der Waals surface area contributed by atoms with E-state index < -0.39 is 23.0 Å². The lowest BCUT2D eigenvalue weighted by Gasteiger charge is -2.27. The van der Waals surface area contributed by atoms with Gasteiger partial charge in [0.1, 0.15) is 34.7 Å². The lowest BCUT2D eigenvalue weighted by Crippen LogP contribution is -2.29. The molecular formula is C15H13ClF3N5. The average Bonchev–Trinajstić information content (AvgIpc) is 2.93. The van der Waals surface area contributed by atoms with Gasteiger partial charge >= 0.3 is 0 Å². The van der Waals surface area contributed by atoms with Gasteiger partial charge in [-0.3, -0.25) is 0 Å². The van der Waals surface area contributed by atoms with Crippen molar-refractivity contribution in [1.82, 2.24) is 19.6 Å². The second-order valence-electron chi connectivity index (χ2n) is 5.52. The maximum absolute atomic E-state index is 14.3. The maximum atomic E-state index is 14.3. The van der Waals surface area contributed by atoms with Gasteiger partial charge in [-0.1, -0.05) is 11.6 Å². The third-order valence-electron chi connectivity index (χ3n) is 3.72. The maximum Gasteiger partial charge on any atom is 0.255 e. The number of halogens is 4. The molecule has 9 heteroatoms. The standard InChI is InChI=1S/C15H13ClF3N5/c1-7(2)23(3)14-12(11-9(18)4-8(17)5-10(11)19)13(16)22-15-20-6-21-24(14)15/h4-7H,1-3H3. The fourth-order valence-corrected chi connectivity index (χ4v) is 2.62. The molecule has 0 bridgehead atoms. The van der Waals surface area contributed by atoms with Gasteiger partial charge in [0.05, 0.1) is 11.1 Å². The van der Waals surface area contributed by atoms with Crippen LogP contribution in [0.3, 0.4) is 0 Å². The Balaban J connectivity index is 2.44. The molecular weight excluding hydrogens is 343 g/mol. The highest BCUT2D eigenvalue weighted by molar-refractivity contribution is 6.33. The number of hydrogen-bond donors (Lipinski definition) is 0. The minimum absolute atomic E-state index is 0.0131. The van der Waals surface area contributed by atoms with Gasteiger partial charge < -0.3 is 4.90 Å². The first-order valence-corrected chi connectivity index (χ1v) is 7.46. The number of hydrogen-bond acceptors (Lipinski definition) is 4. The molecule has 0 unspecified atom stereocenters. The molecule has 0 aliphatic carbocycles. The van der Waals surface area contributed by atoms with Crippen molar-refractivity contribution < 1.29 is 13.2 Å². The molecule has 0 radical (unpaired) electrons. The van der Waals surface area contributed by atoms with E-state index in [1.165, 1.54) is 10.8 Å². The summed E-state index contributed by atoms with van der Waals surface area (Å²) < 4.78 is 43.2. The van der Waals surface area contributed by atoms with Crippen LogP contribution in [0.4, 0.5) is 19.0 Å². The van der Waals surface area contributed by atoms with Crippen LogP contribution in [0.25, 0.3) is 16.9 Å². The number of aromatic nitrogens is 4. The quantitative estimate of drug-likeness (QED) is 0.672. The van der Waals surface area contributed by atoms with Crippen LogP contribution >= 0.6 is 11.6 Å². The lowest BCUT2D eigenvalue weighted by atomic mass is 10.1. The van der Waals surface area contributed by atoms with Crippen LogP contribution in [0, 0.1) is 17.5 Å². The van der Waals surface area contributed by atoms with Gasteiger partial charge in [-0.15, -0.1) is 0 Å². The lowest BCUT2D eigenvalue weighted by molar-refractivity contribution is 0.547. The summed E-state index contributed by atoms with van der Waals surface area (Å²) in [6.07, 6.45) is 1.26. The van der Waals surface area contributed by atoms with Crippen LogP contribution in [-0.4, -0.2) is 32.7 Å². The molecule has 0 fully saturated rings. The van der Waals surface area contributed by atoms with Crippen LogP contribution in [0.5, 0.6) is 0 Å². The van der Waals surface area contributed by atoms with Crippen molar-refractivity contribution in [1.29, 1.82) is 0 Å². The molecule has 0 atom stereocenters. The van der Waals surface area contributed by atoms with Gasteiger partial charge in [-0.05, 0) is 13.8 Å². The first-order valence-electron chi connectivity index (χ1n) is 7.08. The molecule has 126 valence electrons. The minimum atomic E-state index is -1.07. The second-order valence-corrected chi connectivity index (χ2v) is 5.88. The normalized spacial score (nSPS) is 11.5. The van der Waals surface area contributed by atoms with Crippen LogP contribution in [0.15, 0.2) is 18.5 Å². The highest BCUT2D eigenvalue weighted by atomic mass is 35.5. The topological polar surface area (TPSA) is 46.3 Å². The molecule has 2 aromatic heterocycles. The Labute approximate surface area is 140 Å². The Bertz CT molecular complexity index is 902. The van der Waals surface area contributed by atoms with Crippen molar-refractivity contribution in [2.75, 3.05) is 11.9 Å². The van der Waals surface area contributed by atoms with Crippen molar-refractivity contribution in [3.8, 4) is 11.1 Å². The first kappa shape index (κ1) is 16.5. The predicted molar refractivity (Wildman–Crippen MR) is 84.6 cm³/mol. The summed E-state index contributed by atoms with van der Waals surface area (Å²) in [7, 11) is 1.72. The summed E-state index contributed by atoms with van der Waals surface area (Å²) >= 11 is 6.19. The van der Waals surface area contributed by atoms with Gasteiger partial charge in [-0.25, -0.2) is 13.2 Å². The molecule has 3 aromatic rings. The predicted octanol–water partition coefficient (Wildman–Crippen LogP) is 3.71. The van der Waals surface area contributed by atoms with Crippen molar-refractivity contribution in [3.63, 3.8) is 0 Å². The first-order chi connectivity index (χ1) is 11.3. The average molecular weight is 356 g/mol. The highest BCUT2D eigenvalue weighted by Crippen LogP contribution is 2.39. The van der Waals surface area contributed by atoms with E-state index in [0.717, 1.165) is 0 Å². The molecule has 0 spiro atoms. The largest absolute Gasteiger partial charge is 0.356 e. The van der Waals surface area contributed by atoms with Crippen LogP contribution in [0.2, 0.25) is 5.15 Å². The SMILES string of the molecule is CC(C)N(C)c1c(-c2c(F)cc(F)cc2F)c(Cl)nc2ncnn12. The zero-order valence-electron chi connectivity index (χ0n) is 13.1. The number of rotatable bonds is 3. The fraction of sp³-hybridized carbons (Fsp3) is 0.267. The summed E-state index contributed by atoms with van der Waals surface area (Å²) in [5.74, 6) is -2.67. The Morgan fingerprint density at radius 1 is 1.12 bits per heavy atom. The Hall–Kier alpha value is -2.35. The third kappa shape index (κ3) is 2.56. The van der Waals surface area contributed by atoms with E-state index in [4.69, 9.17) is 11.6 Å². The Kier molecular flexibility index (Phi) is 4.08. The summed E-state index contributed by atoms with van der Waals surface area (Å²) in [6, 6.07) is 1.15. The molecule has 0 aliphatic rings. The summed E-state index contributed by atoms with van der Waals surface area (Å²) in [5.41, 5.74) is -0.477. The van der Waals surface area contributed by atoms with Crippen molar-refractivity contribution in [2.24, 2.45) is 0 Å². The van der Waals surface area contributed by atoms with E-state index in [0.29, 0.717) is 18.0 Å². The van der Waals surface area contributed by atoms with Crippen molar-refractivity contribution in [3.05, 3.63) is 41.1 Å². The van der Waals surface area contributed by atoms with Gasteiger partial charge in [-0.2, -0.15) is 19.6 Å². The molecule has 24 heavy (non-hydrogen) atoms. The molecule has 2 heterocycles. The van der Waals surface area contributed by atoms with E-state index in [1.54, 1.807) is 11.9 Å². The van der Waals surface area contributed by atoms with Gasteiger partial charge in [0, 0.05) is 25.2 Å².